The Hall–Kier alpha value is -1.49. The summed E-state index contributed by atoms with van der Waals surface area (Å²) in [5.74, 6) is 1.43. The lowest BCUT2D eigenvalue weighted by molar-refractivity contribution is 0.531. The average molecular weight is 219 g/mol. The van der Waals surface area contributed by atoms with Crippen LogP contribution in [0.3, 0.4) is 0 Å². The van der Waals surface area contributed by atoms with Crippen molar-refractivity contribution >= 4 is 5.65 Å². The molecule has 0 aliphatic rings. The number of fused-ring (bicyclic) bond motifs is 1. The topological polar surface area (TPSA) is 69.1 Å². The van der Waals surface area contributed by atoms with Gasteiger partial charge in [0.2, 0.25) is 0 Å². The van der Waals surface area contributed by atoms with Gasteiger partial charge in [0.05, 0.1) is 5.69 Å². The van der Waals surface area contributed by atoms with Crippen molar-refractivity contribution in [1.82, 2.24) is 19.8 Å². The van der Waals surface area contributed by atoms with Crippen LogP contribution in [0.2, 0.25) is 0 Å². The number of aryl methyl sites for hydroxylation is 2. The summed E-state index contributed by atoms with van der Waals surface area (Å²) < 4.78 is 1.82. The zero-order chi connectivity index (χ0) is 11.5. The Morgan fingerprint density at radius 1 is 1.38 bits per heavy atom. The quantitative estimate of drug-likeness (QED) is 0.831. The van der Waals surface area contributed by atoms with Crippen LogP contribution in [0.15, 0.2) is 12.1 Å². The van der Waals surface area contributed by atoms with E-state index in [9.17, 15) is 0 Å². The van der Waals surface area contributed by atoms with Gasteiger partial charge in [0.15, 0.2) is 11.5 Å². The number of aromatic nitrogens is 4. The molecule has 0 amide bonds. The van der Waals surface area contributed by atoms with E-state index < -0.39 is 0 Å². The summed E-state index contributed by atoms with van der Waals surface area (Å²) in [4.78, 5) is 0. The fourth-order valence-electron chi connectivity index (χ4n) is 1.57. The summed E-state index contributed by atoms with van der Waals surface area (Å²) in [5, 5.41) is 12.6. The number of nitrogens with zero attached hydrogens (tertiary/aromatic N) is 4. The van der Waals surface area contributed by atoms with Gasteiger partial charge in [-0.2, -0.15) is 9.61 Å². The van der Waals surface area contributed by atoms with Gasteiger partial charge in [-0.1, -0.05) is 6.92 Å². The Balaban J connectivity index is 2.21. The molecule has 0 saturated heterocycles. The van der Waals surface area contributed by atoms with Crippen LogP contribution < -0.4 is 5.73 Å². The Labute approximate surface area is 94.7 Å². The standard InChI is InChI=1S/C11H17N5/c1-8(7-12)3-5-10-13-14-11-6-4-9(2)15-16(10)11/h4,6,8H,3,5,7,12H2,1-2H3. The van der Waals surface area contributed by atoms with Crippen molar-refractivity contribution in [2.75, 3.05) is 6.54 Å². The lowest BCUT2D eigenvalue weighted by atomic mass is 10.1. The molecule has 0 spiro atoms. The molecule has 0 saturated carbocycles. The van der Waals surface area contributed by atoms with Gasteiger partial charge in [0.25, 0.3) is 0 Å². The Morgan fingerprint density at radius 3 is 2.94 bits per heavy atom. The predicted octanol–water partition coefficient (Wildman–Crippen LogP) is 0.960. The monoisotopic (exact) mass is 219 g/mol. The van der Waals surface area contributed by atoms with Gasteiger partial charge in [0, 0.05) is 6.42 Å². The molecule has 2 aromatic rings. The third kappa shape index (κ3) is 2.19. The molecule has 16 heavy (non-hydrogen) atoms. The van der Waals surface area contributed by atoms with E-state index in [2.05, 4.69) is 22.2 Å². The summed E-state index contributed by atoms with van der Waals surface area (Å²) in [6, 6.07) is 3.88. The van der Waals surface area contributed by atoms with Crippen molar-refractivity contribution in [2.24, 2.45) is 11.7 Å². The molecular weight excluding hydrogens is 202 g/mol. The molecular formula is C11H17N5. The highest BCUT2D eigenvalue weighted by atomic mass is 15.4. The number of hydrogen-bond donors (Lipinski definition) is 1. The first-order valence-corrected chi connectivity index (χ1v) is 5.58. The molecule has 2 aromatic heterocycles. The molecule has 86 valence electrons. The molecule has 0 fully saturated rings. The van der Waals surface area contributed by atoms with Crippen LogP contribution in [-0.4, -0.2) is 26.4 Å². The molecule has 1 unspecified atom stereocenters. The fraction of sp³-hybridized carbons (Fsp3) is 0.545. The van der Waals surface area contributed by atoms with E-state index in [1.807, 2.05) is 23.6 Å². The minimum atomic E-state index is 0.511. The summed E-state index contributed by atoms with van der Waals surface area (Å²) in [6.45, 7) is 4.82. The molecule has 0 bridgehead atoms. The maximum Gasteiger partial charge on any atom is 0.177 e. The van der Waals surface area contributed by atoms with Gasteiger partial charge in [-0.15, -0.1) is 10.2 Å². The zero-order valence-corrected chi connectivity index (χ0v) is 9.72. The predicted molar refractivity (Wildman–Crippen MR) is 62.1 cm³/mol. The Morgan fingerprint density at radius 2 is 2.19 bits per heavy atom. The summed E-state index contributed by atoms with van der Waals surface area (Å²) >= 11 is 0. The maximum absolute atomic E-state index is 5.59. The number of hydrogen-bond acceptors (Lipinski definition) is 4. The minimum Gasteiger partial charge on any atom is -0.330 e. The molecule has 1 atom stereocenters. The first-order chi connectivity index (χ1) is 7.70. The highest BCUT2D eigenvalue weighted by Gasteiger charge is 2.08. The molecule has 0 aliphatic carbocycles. The van der Waals surface area contributed by atoms with Crippen LogP contribution in [0.5, 0.6) is 0 Å². The van der Waals surface area contributed by atoms with Crippen molar-refractivity contribution in [3.8, 4) is 0 Å². The summed E-state index contributed by atoms with van der Waals surface area (Å²) in [7, 11) is 0. The highest BCUT2D eigenvalue weighted by molar-refractivity contribution is 5.35. The van der Waals surface area contributed by atoms with Crippen LogP contribution in [0.1, 0.15) is 24.9 Å². The second-order valence-corrected chi connectivity index (χ2v) is 4.24. The molecule has 2 heterocycles. The molecule has 0 aromatic carbocycles. The minimum absolute atomic E-state index is 0.511. The van der Waals surface area contributed by atoms with Crippen molar-refractivity contribution in [2.45, 2.75) is 26.7 Å². The fourth-order valence-corrected chi connectivity index (χ4v) is 1.57. The zero-order valence-electron chi connectivity index (χ0n) is 9.72. The lowest BCUT2D eigenvalue weighted by Crippen LogP contribution is -2.12. The molecule has 2 rings (SSSR count). The van der Waals surface area contributed by atoms with Crippen LogP contribution >= 0.6 is 0 Å². The van der Waals surface area contributed by atoms with Gasteiger partial charge in [-0.3, -0.25) is 0 Å². The van der Waals surface area contributed by atoms with Crippen LogP contribution in [0.25, 0.3) is 5.65 Å². The van der Waals surface area contributed by atoms with E-state index >= 15 is 0 Å². The smallest absolute Gasteiger partial charge is 0.177 e. The van der Waals surface area contributed by atoms with Crippen molar-refractivity contribution in [1.29, 1.82) is 0 Å². The van der Waals surface area contributed by atoms with Gasteiger partial charge in [-0.05, 0) is 37.9 Å². The van der Waals surface area contributed by atoms with E-state index in [4.69, 9.17) is 5.73 Å². The van der Waals surface area contributed by atoms with Crippen LogP contribution in [0, 0.1) is 12.8 Å². The third-order valence-corrected chi connectivity index (χ3v) is 2.72. The number of nitrogens with two attached hydrogens (primary N) is 1. The van der Waals surface area contributed by atoms with Crippen LogP contribution in [0.4, 0.5) is 0 Å². The first kappa shape index (κ1) is 11.0. The average Bonchev–Trinajstić information content (AvgIpc) is 2.68. The molecule has 5 heteroatoms. The van der Waals surface area contributed by atoms with Gasteiger partial charge in [-0.25, -0.2) is 0 Å². The van der Waals surface area contributed by atoms with Crippen molar-refractivity contribution < 1.29 is 0 Å². The molecule has 5 nitrogen and oxygen atoms in total. The summed E-state index contributed by atoms with van der Waals surface area (Å²) in [5.41, 5.74) is 7.37. The SMILES string of the molecule is Cc1ccc2nnc(CCC(C)CN)n2n1. The lowest BCUT2D eigenvalue weighted by Gasteiger charge is -2.06. The van der Waals surface area contributed by atoms with E-state index in [1.54, 1.807) is 0 Å². The van der Waals surface area contributed by atoms with E-state index in [-0.39, 0.29) is 0 Å². The molecule has 0 aliphatic heterocycles. The second-order valence-electron chi connectivity index (χ2n) is 4.24. The van der Waals surface area contributed by atoms with Crippen LogP contribution in [-0.2, 0) is 6.42 Å². The van der Waals surface area contributed by atoms with E-state index in [0.717, 1.165) is 30.0 Å². The molecule has 0 radical (unpaired) electrons. The van der Waals surface area contributed by atoms with Crippen molar-refractivity contribution in [3.63, 3.8) is 0 Å². The second kappa shape index (κ2) is 4.57. The highest BCUT2D eigenvalue weighted by Crippen LogP contribution is 2.08. The third-order valence-electron chi connectivity index (χ3n) is 2.72. The first-order valence-electron chi connectivity index (χ1n) is 5.58. The van der Waals surface area contributed by atoms with Crippen molar-refractivity contribution in [3.05, 3.63) is 23.7 Å². The number of rotatable bonds is 4. The maximum atomic E-state index is 5.59. The summed E-state index contributed by atoms with van der Waals surface area (Å²) in [6.07, 6.45) is 1.89. The molecule has 2 N–H and O–H groups in total. The Kier molecular flexibility index (Phi) is 3.14. The van der Waals surface area contributed by atoms with E-state index in [0.29, 0.717) is 12.5 Å². The Bertz CT molecular complexity index is 476. The normalized spacial score (nSPS) is 13.2. The van der Waals surface area contributed by atoms with Gasteiger partial charge in [0.1, 0.15) is 0 Å². The largest absolute Gasteiger partial charge is 0.330 e. The van der Waals surface area contributed by atoms with Gasteiger partial charge >= 0.3 is 0 Å². The van der Waals surface area contributed by atoms with E-state index in [1.165, 1.54) is 0 Å². The van der Waals surface area contributed by atoms with Gasteiger partial charge < -0.3 is 5.73 Å².